The van der Waals surface area contributed by atoms with Crippen molar-refractivity contribution in [2.75, 3.05) is 6.54 Å². The number of hydrogen-bond donors (Lipinski definition) is 1. The van der Waals surface area contributed by atoms with Crippen molar-refractivity contribution >= 4 is 0 Å². The lowest BCUT2D eigenvalue weighted by Gasteiger charge is -2.23. The molecule has 15 heavy (non-hydrogen) atoms. The second-order valence-corrected chi connectivity index (χ2v) is 5.25. The van der Waals surface area contributed by atoms with Crippen molar-refractivity contribution in [3.63, 3.8) is 0 Å². The van der Waals surface area contributed by atoms with Crippen LogP contribution >= 0.6 is 0 Å². The minimum absolute atomic E-state index is 0.808. The lowest BCUT2D eigenvalue weighted by Crippen LogP contribution is -2.32. The highest BCUT2D eigenvalue weighted by Crippen LogP contribution is 2.35. The van der Waals surface area contributed by atoms with Crippen molar-refractivity contribution in [3.8, 4) is 0 Å². The molecule has 90 valence electrons. The van der Waals surface area contributed by atoms with Crippen molar-refractivity contribution in [2.24, 2.45) is 11.8 Å². The summed E-state index contributed by atoms with van der Waals surface area (Å²) in [4.78, 5) is 0. The van der Waals surface area contributed by atoms with Gasteiger partial charge in [0.2, 0.25) is 0 Å². The van der Waals surface area contributed by atoms with Crippen LogP contribution in [0, 0.1) is 11.8 Å². The maximum atomic E-state index is 3.74. The van der Waals surface area contributed by atoms with Crippen LogP contribution in [0.2, 0.25) is 0 Å². The summed E-state index contributed by atoms with van der Waals surface area (Å²) in [5, 5.41) is 3.74. The molecule has 1 fully saturated rings. The second-order valence-electron chi connectivity index (χ2n) is 5.25. The molecular weight excluding hydrogens is 182 g/mol. The summed E-state index contributed by atoms with van der Waals surface area (Å²) < 4.78 is 0. The van der Waals surface area contributed by atoms with E-state index in [-0.39, 0.29) is 0 Å². The molecule has 1 heteroatoms. The largest absolute Gasteiger partial charge is 0.314 e. The first-order valence-corrected chi connectivity index (χ1v) is 7.03. The molecule has 1 saturated carbocycles. The van der Waals surface area contributed by atoms with Crippen molar-refractivity contribution < 1.29 is 0 Å². The van der Waals surface area contributed by atoms with Crippen molar-refractivity contribution in [1.29, 1.82) is 0 Å². The van der Waals surface area contributed by atoms with Gasteiger partial charge in [-0.3, -0.25) is 0 Å². The average molecular weight is 211 g/mol. The van der Waals surface area contributed by atoms with Gasteiger partial charge in [-0.05, 0) is 37.6 Å². The van der Waals surface area contributed by atoms with Gasteiger partial charge in [-0.25, -0.2) is 0 Å². The van der Waals surface area contributed by atoms with E-state index in [1.54, 1.807) is 0 Å². The summed E-state index contributed by atoms with van der Waals surface area (Å²) in [5.74, 6) is 2.01. The van der Waals surface area contributed by atoms with Crippen LogP contribution in [-0.2, 0) is 0 Å². The Labute approximate surface area is 96.0 Å². The molecule has 0 amide bonds. The molecule has 1 aliphatic rings. The van der Waals surface area contributed by atoms with Gasteiger partial charge in [0, 0.05) is 6.04 Å². The normalized spacial score (nSPS) is 18.4. The summed E-state index contributed by atoms with van der Waals surface area (Å²) in [6.07, 6.45) is 9.81. The molecule has 0 saturated heterocycles. The highest BCUT2D eigenvalue weighted by atomic mass is 14.9. The molecular formula is C14H29N. The van der Waals surface area contributed by atoms with E-state index >= 15 is 0 Å². The van der Waals surface area contributed by atoms with Gasteiger partial charge < -0.3 is 5.32 Å². The van der Waals surface area contributed by atoms with E-state index in [9.17, 15) is 0 Å². The average Bonchev–Trinajstić information content (AvgIpc) is 3.05. The Bertz CT molecular complexity index is 147. The molecule has 1 aliphatic carbocycles. The predicted octanol–water partition coefficient (Wildman–Crippen LogP) is 3.98. The van der Waals surface area contributed by atoms with Gasteiger partial charge in [0.15, 0.2) is 0 Å². The first-order valence-electron chi connectivity index (χ1n) is 7.03. The van der Waals surface area contributed by atoms with E-state index in [2.05, 4.69) is 26.1 Å². The Balaban J connectivity index is 2.25. The molecule has 0 radical (unpaired) electrons. The Morgan fingerprint density at radius 2 is 1.80 bits per heavy atom. The minimum atomic E-state index is 0.808. The molecule has 0 aromatic rings. The van der Waals surface area contributed by atoms with Crippen LogP contribution in [0.15, 0.2) is 0 Å². The van der Waals surface area contributed by atoms with Crippen molar-refractivity contribution in [3.05, 3.63) is 0 Å². The Morgan fingerprint density at radius 3 is 2.27 bits per heavy atom. The standard InChI is InChI=1S/C14H29N/c1-4-9-15-14(11-13-7-8-13)10-12(5-2)6-3/h12-15H,4-11H2,1-3H3. The maximum absolute atomic E-state index is 3.74. The van der Waals surface area contributed by atoms with E-state index in [0.29, 0.717) is 0 Å². The van der Waals surface area contributed by atoms with Crippen LogP contribution in [0.5, 0.6) is 0 Å². The maximum Gasteiger partial charge on any atom is 0.00723 e. The van der Waals surface area contributed by atoms with Crippen LogP contribution in [0.4, 0.5) is 0 Å². The van der Waals surface area contributed by atoms with Gasteiger partial charge >= 0.3 is 0 Å². The molecule has 0 heterocycles. The zero-order valence-corrected chi connectivity index (χ0v) is 10.9. The Kier molecular flexibility index (Phi) is 6.31. The highest BCUT2D eigenvalue weighted by Gasteiger charge is 2.26. The lowest BCUT2D eigenvalue weighted by atomic mass is 9.92. The quantitative estimate of drug-likeness (QED) is 0.608. The summed E-state index contributed by atoms with van der Waals surface area (Å²) in [5.41, 5.74) is 0. The third-order valence-electron chi connectivity index (χ3n) is 3.77. The van der Waals surface area contributed by atoms with E-state index in [0.717, 1.165) is 17.9 Å². The van der Waals surface area contributed by atoms with Gasteiger partial charge in [-0.1, -0.05) is 46.5 Å². The zero-order valence-electron chi connectivity index (χ0n) is 10.9. The summed E-state index contributed by atoms with van der Waals surface area (Å²) in [6.45, 7) is 8.14. The van der Waals surface area contributed by atoms with Crippen LogP contribution in [0.1, 0.15) is 65.7 Å². The van der Waals surface area contributed by atoms with Crippen molar-refractivity contribution in [1.82, 2.24) is 5.32 Å². The van der Waals surface area contributed by atoms with Gasteiger partial charge in [0.1, 0.15) is 0 Å². The topological polar surface area (TPSA) is 12.0 Å². The minimum Gasteiger partial charge on any atom is -0.314 e. The predicted molar refractivity (Wildman–Crippen MR) is 68.1 cm³/mol. The van der Waals surface area contributed by atoms with E-state index in [1.807, 2.05) is 0 Å². The van der Waals surface area contributed by atoms with Gasteiger partial charge in [0.05, 0.1) is 0 Å². The Hall–Kier alpha value is -0.0400. The molecule has 1 N–H and O–H groups in total. The molecule has 1 atom stereocenters. The first-order chi connectivity index (χ1) is 7.30. The van der Waals surface area contributed by atoms with Gasteiger partial charge in [-0.2, -0.15) is 0 Å². The molecule has 1 rings (SSSR count). The molecule has 1 unspecified atom stereocenters. The van der Waals surface area contributed by atoms with Crippen LogP contribution in [0.3, 0.4) is 0 Å². The third kappa shape index (κ3) is 5.55. The number of rotatable bonds is 9. The summed E-state index contributed by atoms with van der Waals surface area (Å²) in [6, 6.07) is 0.808. The van der Waals surface area contributed by atoms with Crippen LogP contribution in [0.25, 0.3) is 0 Å². The molecule has 0 aliphatic heterocycles. The smallest absolute Gasteiger partial charge is 0.00723 e. The zero-order chi connectivity index (χ0) is 11.1. The number of hydrogen-bond acceptors (Lipinski definition) is 1. The highest BCUT2D eigenvalue weighted by molar-refractivity contribution is 4.81. The van der Waals surface area contributed by atoms with Gasteiger partial charge in [-0.15, -0.1) is 0 Å². The van der Waals surface area contributed by atoms with Crippen LogP contribution in [-0.4, -0.2) is 12.6 Å². The first kappa shape index (κ1) is 13.0. The van der Waals surface area contributed by atoms with Crippen molar-refractivity contribution in [2.45, 2.75) is 71.8 Å². The Morgan fingerprint density at radius 1 is 1.13 bits per heavy atom. The summed E-state index contributed by atoms with van der Waals surface area (Å²) in [7, 11) is 0. The lowest BCUT2D eigenvalue weighted by molar-refractivity contribution is 0.342. The molecule has 0 aromatic heterocycles. The third-order valence-corrected chi connectivity index (χ3v) is 3.77. The molecule has 1 nitrogen and oxygen atoms in total. The van der Waals surface area contributed by atoms with E-state index in [4.69, 9.17) is 0 Å². The summed E-state index contributed by atoms with van der Waals surface area (Å²) >= 11 is 0. The monoisotopic (exact) mass is 211 g/mol. The fraction of sp³-hybridized carbons (Fsp3) is 1.00. The van der Waals surface area contributed by atoms with Gasteiger partial charge in [0.25, 0.3) is 0 Å². The molecule has 0 spiro atoms. The molecule has 0 aromatic carbocycles. The number of nitrogens with one attached hydrogen (secondary N) is 1. The SMILES string of the molecule is CCCNC(CC(CC)CC)CC1CC1. The van der Waals surface area contributed by atoms with E-state index in [1.165, 1.54) is 51.5 Å². The fourth-order valence-electron chi connectivity index (χ4n) is 2.39. The van der Waals surface area contributed by atoms with E-state index < -0.39 is 0 Å². The molecule has 0 bridgehead atoms. The second kappa shape index (κ2) is 7.27. The van der Waals surface area contributed by atoms with Crippen LogP contribution < -0.4 is 5.32 Å². The fourth-order valence-corrected chi connectivity index (χ4v) is 2.39.